The maximum atomic E-state index is 11.6. The van der Waals surface area contributed by atoms with Crippen LogP contribution in [0.4, 0.5) is 0 Å². The smallest absolute Gasteiger partial charge is 0.246 e. The predicted molar refractivity (Wildman–Crippen MR) is 78.6 cm³/mol. The fourth-order valence-corrected chi connectivity index (χ4v) is 1.78. The molecule has 0 radical (unpaired) electrons. The minimum Gasteiger partial charge on any atom is -0.382 e. The SMILES string of the molecule is COCCOCC(=O)N[C@@H](CCc1ccccc1)C(N)=O. The Morgan fingerprint density at radius 1 is 1.24 bits per heavy atom. The number of nitrogens with two attached hydrogens (primary N) is 1. The molecular weight excluding hydrogens is 272 g/mol. The van der Waals surface area contributed by atoms with Crippen molar-refractivity contribution in [1.82, 2.24) is 5.32 Å². The molecule has 0 aliphatic heterocycles. The summed E-state index contributed by atoms with van der Waals surface area (Å²) in [7, 11) is 1.55. The highest BCUT2D eigenvalue weighted by Gasteiger charge is 2.17. The van der Waals surface area contributed by atoms with Crippen LogP contribution >= 0.6 is 0 Å². The highest BCUT2D eigenvalue weighted by Crippen LogP contribution is 2.05. The summed E-state index contributed by atoms with van der Waals surface area (Å²) in [5.41, 5.74) is 6.40. The highest BCUT2D eigenvalue weighted by atomic mass is 16.5. The van der Waals surface area contributed by atoms with Crippen molar-refractivity contribution < 1.29 is 19.1 Å². The average Bonchev–Trinajstić information content (AvgIpc) is 2.48. The lowest BCUT2D eigenvalue weighted by Crippen LogP contribution is -2.46. The Balaban J connectivity index is 2.35. The average molecular weight is 294 g/mol. The van der Waals surface area contributed by atoms with Gasteiger partial charge >= 0.3 is 0 Å². The summed E-state index contributed by atoms with van der Waals surface area (Å²) in [5.74, 6) is -0.904. The molecule has 0 saturated carbocycles. The Morgan fingerprint density at radius 3 is 2.57 bits per heavy atom. The minimum atomic E-state index is -0.691. The third-order valence-electron chi connectivity index (χ3n) is 2.91. The zero-order valence-corrected chi connectivity index (χ0v) is 12.2. The van der Waals surface area contributed by atoms with Crippen molar-refractivity contribution in [3.05, 3.63) is 35.9 Å². The van der Waals surface area contributed by atoms with Gasteiger partial charge in [0.2, 0.25) is 11.8 Å². The lowest BCUT2D eigenvalue weighted by Gasteiger charge is -2.15. The Bertz CT molecular complexity index is 437. The number of aryl methyl sites for hydroxylation is 1. The molecule has 6 nitrogen and oxygen atoms in total. The van der Waals surface area contributed by atoms with Crippen LogP contribution in [0.25, 0.3) is 0 Å². The zero-order chi connectivity index (χ0) is 15.5. The molecule has 0 unspecified atom stereocenters. The Hall–Kier alpha value is -1.92. The van der Waals surface area contributed by atoms with Gasteiger partial charge in [-0.25, -0.2) is 0 Å². The second-order valence-corrected chi connectivity index (χ2v) is 4.59. The molecule has 0 aliphatic rings. The molecule has 0 fully saturated rings. The van der Waals surface area contributed by atoms with E-state index in [0.29, 0.717) is 26.1 Å². The molecule has 0 aromatic heterocycles. The molecule has 0 aliphatic carbocycles. The summed E-state index contributed by atoms with van der Waals surface area (Å²) >= 11 is 0. The van der Waals surface area contributed by atoms with Crippen molar-refractivity contribution in [2.45, 2.75) is 18.9 Å². The molecule has 1 aromatic carbocycles. The van der Waals surface area contributed by atoms with Gasteiger partial charge in [0.05, 0.1) is 13.2 Å². The van der Waals surface area contributed by atoms with Crippen molar-refractivity contribution >= 4 is 11.8 Å². The van der Waals surface area contributed by atoms with Gasteiger partial charge in [-0.05, 0) is 18.4 Å². The summed E-state index contributed by atoms with van der Waals surface area (Å²) < 4.78 is 9.89. The fourth-order valence-electron chi connectivity index (χ4n) is 1.78. The molecule has 2 amide bonds. The van der Waals surface area contributed by atoms with E-state index in [1.807, 2.05) is 30.3 Å². The monoisotopic (exact) mass is 294 g/mol. The van der Waals surface area contributed by atoms with E-state index in [2.05, 4.69) is 5.32 Å². The van der Waals surface area contributed by atoms with Crippen molar-refractivity contribution in [3.63, 3.8) is 0 Å². The summed E-state index contributed by atoms with van der Waals surface area (Å²) in [4.78, 5) is 23.0. The number of hydrogen-bond donors (Lipinski definition) is 2. The number of benzene rings is 1. The first-order valence-corrected chi connectivity index (χ1v) is 6.82. The quantitative estimate of drug-likeness (QED) is 0.605. The van der Waals surface area contributed by atoms with Gasteiger partial charge in [0.15, 0.2) is 0 Å². The number of primary amides is 1. The van der Waals surface area contributed by atoms with E-state index in [1.165, 1.54) is 0 Å². The number of ether oxygens (including phenoxy) is 2. The zero-order valence-electron chi connectivity index (χ0n) is 12.2. The summed E-state index contributed by atoms with van der Waals surface area (Å²) in [5, 5.41) is 2.58. The third-order valence-corrected chi connectivity index (χ3v) is 2.91. The molecule has 0 saturated heterocycles. The van der Waals surface area contributed by atoms with Crippen LogP contribution in [0.5, 0.6) is 0 Å². The molecule has 116 valence electrons. The Labute approximate surface area is 124 Å². The van der Waals surface area contributed by atoms with Crippen molar-refractivity contribution in [2.24, 2.45) is 5.73 Å². The first-order chi connectivity index (χ1) is 10.1. The van der Waals surface area contributed by atoms with Crippen LogP contribution in [-0.4, -0.2) is 44.8 Å². The number of hydrogen-bond acceptors (Lipinski definition) is 4. The van der Waals surface area contributed by atoms with Crippen molar-refractivity contribution in [1.29, 1.82) is 0 Å². The van der Waals surface area contributed by atoms with Gasteiger partial charge in [0.25, 0.3) is 0 Å². The van der Waals surface area contributed by atoms with Crippen LogP contribution in [0.3, 0.4) is 0 Å². The first kappa shape index (κ1) is 17.1. The summed E-state index contributed by atoms with van der Waals surface area (Å²) in [6.07, 6.45) is 1.13. The number of carbonyl (C=O) groups is 2. The van der Waals surface area contributed by atoms with E-state index >= 15 is 0 Å². The normalized spacial score (nSPS) is 11.9. The first-order valence-electron chi connectivity index (χ1n) is 6.82. The number of amides is 2. The van der Waals surface area contributed by atoms with Crippen LogP contribution in [-0.2, 0) is 25.5 Å². The predicted octanol–water partition coefficient (Wildman–Crippen LogP) is 0.252. The van der Waals surface area contributed by atoms with Crippen LogP contribution in [0.15, 0.2) is 30.3 Å². The standard InChI is InChI=1S/C15H22N2O4/c1-20-9-10-21-11-14(18)17-13(15(16)19)8-7-12-5-3-2-4-6-12/h2-6,13H,7-11H2,1H3,(H2,16,19)(H,17,18)/t13-/m0/s1. The van der Waals surface area contributed by atoms with Gasteiger partial charge in [0, 0.05) is 7.11 Å². The summed E-state index contributed by atoms with van der Waals surface area (Å²) in [6, 6.07) is 9.02. The summed E-state index contributed by atoms with van der Waals surface area (Å²) in [6.45, 7) is 0.633. The molecule has 3 N–H and O–H groups in total. The maximum absolute atomic E-state index is 11.6. The van der Waals surface area contributed by atoms with E-state index in [-0.39, 0.29) is 12.5 Å². The van der Waals surface area contributed by atoms with Crippen molar-refractivity contribution in [3.8, 4) is 0 Å². The second-order valence-electron chi connectivity index (χ2n) is 4.59. The van der Waals surface area contributed by atoms with Gasteiger partial charge in [-0.1, -0.05) is 30.3 Å². The third kappa shape index (κ3) is 7.43. The lowest BCUT2D eigenvalue weighted by atomic mass is 10.0. The van der Waals surface area contributed by atoms with Crippen LogP contribution in [0.2, 0.25) is 0 Å². The molecule has 1 atom stereocenters. The number of nitrogens with one attached hydrogen (secondary N) is 1. The van der Waals surface area contributed by atoms with Gasteiger partial charge in [-0.15, -0.1) is 0 Å². The number of rotatable bonds is 10. The largest absolute Gasteiger partial charge is 0.382 e. The van der Waals surface area contributed by atoms with Gasteiger partial charge in [-0.3, -0.25) is 9.59 Å². The molecule has 6 heteroatoms. The fraction of sp³-hybridized carbons (Fsp3) is 0.467. The van der Waals surface area contributed by atoms with E-state index in [0.717, 1.165) is 5.56 Å². The molecule has 1 aromatic rings. The van der Waals surface area contributed by atoms with Gasteiger partial charge in [-0.2, -0.15) is 0 Å². The van der Waals surface area contributed by atoms with Crippen molar-refractivity contribution in [2.75, 3.05) is 26.9 Å². The molecule has 0 heterocycles. The minimum absolute atomic E-state index is 0.113. The van der Waals surface area contributed by atoms with E-state index in [4.69, 9.17) is 15.2 Å². The molecule has 1 rings (SSSR count). The molecular formula is C15H22N2O4. The molecule has 0 bridgehead atoms. The van der Waals surface area contributed by atoms with Crippen LogP contribution < -0.4 is 11.1 Å². The molecule has 0 spiro atoms. The van der Waals surface area contributed by atoms with Crippen LogP contribution in [0.1, 0.15) is 12.0 Å². The maximum Gasteiger partial charge on any atom is 0.246 e. The second kappa shape index (κ2) is 9.90. The van der Waals surface area contributed by atoms with E-state index < -0.39 is 11.9 Å². The van der Waals surface area contributed by atoms with Crippen LogP contribution in [0, 0.1) is 0 Å². The van der Waals surface area contributed by atoms with Gasteiger partial charge < -0.3 is 20.5 Å². The topological polar surface area (TPSA) is 90.7 Å². The number of carbonyl (C=O) groups excluding carboxylic acids is 2. The Morgan fingerprint density at radius 2 is 1.95 bits per heavy atom. The lowest BCUT2D eigenvalue weighted by molar-refractivity contribution is -0.130. The highest BCUT2D eigenvalue weighted by molar-refractivity contribution is 5.87. The Kier molecular flexibility index (Phi) is 8.08. The molecule has 21 heavy (non-hydrogen) atoms. The van der Waals surface area contributed by atoms with Gasteiger partial charge in [0.1, 0.15) is 12.6 Å². The van der Waals surface area contributed by atoms with E-state index in [1.54, 1.807) is 7.11 Å². The number of methoxy groups -OCH3 is 1. The van der Waals surface area contributed by atoms with E-state index in [9.17, 15) is 9.59 Å².